The van der Waals surface area contributed by atoms with Crippen LogP contribution in [0.15, 0.2) is 55.2 Å². The van der Waals surface area contributed by atoms with Crippen molar-refractivity contribution in [1.29, 1.82) is 0 Å². The number of halogens is 2. The highest BCUT2D eigenvalue weighted by Gasteiger charge is 2.21. The summed E-state index contributed by atoms with van der Waals surface area (Å²) in [5, 5.41) is 6.80. The highest BCUT2D eigenvalue weighted by Crippen LogP contribution is 2.27. The molecule has 0 unspecified atom stereocenters. The molecule has 0 radical (unpaired) electrons. The summed E-state index contributed by atoms with van der Waals surface area (Å²) in [6.07, 6.45) is 4.79. The molecule has 3 aromatic heterocycles. The van der Waals surface area contributed by atoms with Gasteiger partial charge < -0.3 is 5.32 Å². The van der Waals surface area contributed by atoms with Gasteiger partial charge in [0.2, 0.25) is 6.33 Å². The molecule has 0 atom stereocenters. The molecule has 0 aliphatic heterocycles. The van der Waals surface area contributed by atoms with Gasteiger partial charge in [-0.3, -0.25) is 9.78 Å². The third-order valence-corrected chi connectivity index (χ3v) is 4.80. The van der Waals surface area contributed by atoms with E-state index in [1.807, 2.05) is 54.5 Å². The number of aromatic nitrogens is 5. The van der Waals surface area contributed by atoms with E-state index in [2.05, 4.69) is 20.4 Å². The van der Waals surface area contributed by atoms with Crippen molar-refractivity contribution in [2.45, 2.75) is 26.3 Å². The second-order valence-electron chi connectivity index (χ2n) is 6.99. The summed E-state index contributed by atoms with van der Waals surface area (Å²) >= 11 is 0. The molecule has 4 aromatic rings. The second kappa shape index (κ2) is 8.40. The number of alkyl halides is 2. The third-order valence-electron chi connectivity index (χ3n) is 4.80. The van der Waals surface area contributed by atoms with Gasteiger partial charge >= 0.3 is 0 Å². The van der Waals surface area contributed by atoms with Crippen LogP contribution in [0, 0.1) is 6.92 Å². The largest absolute Gasteiger partial charge is 0.352 e. The van der Waals surface area contributed by atoms with E-state index in [-0.39, 0.29) is 16.9 Å². The molecule has 1 aromatic carbocycles. The monoisotopic (exact) mass is 411 g/mol. The lowest BCUT2D eigenvalue weighted by Gasteiger charge is -2.09. The smallest absolute Gasteiger partial charge is 0.280 e. The van der Waals surface area contributed by atoms with Crippen LogP contribution in [0.1, 0.15) is 34.5 Å². The highest BCUT2D eigenvalue weighted by molar-refractivity contribution is 5.99. The number of fused-ring (bicyclic) bond motifs is 1. The van der Waals surface area contributed by atoms with Gasteiger partial charge in [-0.25, -0.2) is 22.8 Å². The van der Waals surface area contributed by atoms with Crippen molar-refractivity contribution in [3.8, 4) is 11.3 Å². The average Bonchev–Trinajstić information content (AvgIpc) is 3.40. The Balaban J connectivity index is 1.60. The lowest BCUT2D eigenvalue weighted by Crippen LogP contribution is -2.33. The number of amides is 1. The average molecular weight is 411 g/mol. The van der Waals surface area contributed by atoms with Gasteiger partial charge in [-0.2, -0.15) is 5.10 Å². The Morgan fingerprint density at radius 1 is 1.30 bits per heavy atom. The lowest BCUT2D eigenvalue weighted by atomic mass is 10.1. The summed E-state index contributed by atoms with van der Waals surface area (Å²) < 4.78 is 30.3. The Morgan fingerprint density at radius 2 is 2.10 bits per heavy atom. The fourth-order valence-corrected chi connectivity index (χ4v) is 3.19. The fourth-order valence-electron chi connectivity index (χ4n) is 3.19. The van der Waals surface area contributed by atoms with Crippen LogP contribution >= 0.6 is 0 Å². The van der Waals surface area contributed by atoms with Crippen LogP contribution in [0.5, 0.6) is 0 Å². The Morgan fingerprint density at radius 3 is 2.80 bits per heavy atom. The molecule has 0 aliphatic carbocycles. The maximum Gasteiger partial charge on any atom is 0.280 e. The Labute approximate surface area is 171 Å². The second-order valence-corrected chi connectivity index (χ2v) is 6.99. The van der Waals surface area contributed by atoms with E-state index >= 15 is 0 Å². The molecule has 0 aliphatic rings. The molecule has 9 heteroatoms. The number of rotatable bonds is 7. The molecule has 0 spiro atoms. The Bertz CT molecular complexity index is 1150. The molecule has 0 saturated heterocycles. The third kappa shape index (κ3) is 4.05. The lowest BCUT2D eigenvalue weighted by molar-refractivity contribution is -0.695. The standard InChI is InChI=1S/C21H20F2N6O/c1-14-3-5-15(6-4-14)17-11-18(19(22)23)29-20(27-17)16(12-26-29)21(30)25-7-2-9-28-10-8-24-13-28/h3-6,8,10-13,19H,2,7,9H2,1H3,(H,25,30)/p+1. The minimum Gasteiger partial charge on any atom is -0.352 e. The molecule has 3 heterocycles. The van der Waals surface area contributed by atoms with Gasteiger partial charge in [0.05, 0.1) is 18.4 Å². The molecule has 0 fully saturated rings. The van der Waals surface area contributed by atoms with Crippen LogP contribution < -0.4 is 9.88 Å². The number of aryl methyl sites for hydroxylation is 2. The van der Waals surface area contributed by atoms with Crippen molar-refractivity contribution < 1.29 is 18.1 Å². The SMILES string of the molecule is Cc1ccc(-c2cc(C(F)F)n3ncc(C(=O)NCCC[n+]4cc[nH]c4)c3n2)cc1. The number of hydrogen-bond donors (Lipinski definition) is 2. The number of aromatic amines is 1. The first-order valence-electron chi connectivity index (χ1n) is 9.57. The van der Waals surface area contributed by atoms with Crippen molar-refractivity contribution >= 4 is 11.6 Å². The first kappa shape index (κ1) is 19.7. The molecular weight excluding hydrogens is 390 g/mol. The van der Waals surface area contributed by atoms with E-state index in [4.69, 9.17) is 0 Å². The molecule has 1 amide bonds. The van der Waals surface area contributed by atoms with Crippen LogP contribution in [0.4, 0.5) is 8.78 Å². The summed E-state index contributed by atoms with van der Waals surface area (Å²) in [6.45, 7) is 3.12. The van der Waals surface area contributed by atoms with Crippen LogP contribution in [-0.2, 0) is 6.54 Å². The van der Waals surface area contributed by atoms with Gasteiger partial charge in [-0.15, -0.1) is 0 Å². The van der Waals surface area contributed by atoms with Gasteiger partial charge in [0.1, 0.15) is 23.7 Å². The molecule has 0 saturated carbocycles. The van der Waals surface area contributed by atoms with Gasteiger partial charge in [-0.1, -0.05) is 29.8 Å². The molecular formula is C21H21F2N6O+. The van der Waals surface area contributed by atoms with Crippen LogP contribution in [0.2, 0.25) is 0 Å². The van der Waals surface area contributed by atoms with Gasteiger partial charge in [0.15, 0.2) is 5.65 Å². The molecule has 7 nitrogen and oxygen atoms in total. The minimum atomic E-state index is -2.76. The van der Waals surface area contributed by atoms with Crippen LogP contribution in [0.25, 0.3) is 16.9 Å². The van der Waals surface area contributed by atoms with E-state index in [1.54, 1.807) is 0 Å². The van der Waals surface area contributed by atoms with E-state index < -0.39 is 12.3 Å². The van der Waals surface area contributed by atoms with E-state index in [1.165, 1.54) is 12.3 Å². The maximum absolute atomic E-state index is 13.7. The number of carbonyl (C=O) groups is 1. The van der Waals surface area contributed by atoms with Gasteiger partial charge in [0, 0.05) is 18.5 Å². The van der Waals surface area contributed by atoms with Gasteiger partial charge in [-0.05, 0) is 13.0 Å². The quantitative estimate of drug-likeness (QED) is 0.362. The fraction of sp³-hybridized carbons (Fsp3) is 0.238. The molecule has 154 valence electrons. The summed E-state index contributed by atoms with van der Waals surface area (Å²) in [4.78, 5) is 20.1. The molecule has 0 bridgehead atoms. The van der Waals surface area contributed by atoms with Crippen molar-refractivity contribution in [2.75, 3.05) is 6.54 Å². The van der Waals surface area contributed by atoms with Crippen molar-refractivity contribution in [3.63, 3.8) is 0 Å². The number of benzene rings is 1. The number of imidazole rings is 1. The zero-order chi connectivity index (χ0) is 21.1. The summed E-state index contributed by atoms with van der Waals surface area (Å²) in [7, 11) is 0. The molecule has 4 rings (SSSR count). The topological polar surface area (TPSA) is 79.0 Å². The predicted octanol–water partition coefficient (Wildman–Crippen LogP) is 3.08. The number of carbonyl (C=O) groups excluding carboxylic acids is 1. The summed E-state index contributed by atoms with van der Waals surface area (Å²) in [5.74, 6) is -0.391. The van der Waals surface area contributed by atoms with Crippen LogP contribution in [-0.4, -0.2) is 32.0 Å². The first-order valence-corrected chi connectivity index (χ1v) is 9.57. The van der Waals surface area contributed by atoms with Gasteiger partial charge in [0.25, 0.3) is 12.3 Å². The molecule has 30 heavy (non-hydrogen) atoms. The normalized spacial score (nSPS) is 11.3. The number of nitrogens with zero attached hydrogens (tertiary/aromatic N) is 4. The number of hydrogen-bond acceptors (Lipinski definition) is 3. The van der Waals surface area contributed by atoms with E-state index in [0.717, 1.165) is 23.0 Å². The number of nitrogens with one attached hydrogen (secondary N) is 2. The zero-order valence-corrected chi connectivity index (χ0v) is 16.3. The minimum absolute atomic E-state index is 0.112. The van der Waals surface area contributed by atoms with Crippen molar-refractivity contribution in [3.05, 3.63) is 72.1 Å². The van der Waals surface area contributed by atoms with Crippen molar-refractivity contribution in [2.24, 2.45) is 0 Å². The highest BCUT2D eigenvalue weighted by atomic mass is 19.3. The summed E-state index contributed by atoms with van der Waals surface area (Å²) in [6, 6.07) is 8.72. The predicted molar refractivity (Wildman–Crippen MR) is 106 cm³/mol. The first-order chi connectivity index (χ1) is 14.5. The number of H-pyrrole nitrogens is 1. The van der Waals surface area contributed by atoms with E-state index in [9.17, 15) is 13.6 Å². The van der Waals surface area contributed by atoms with Crippen molar-refractivity contribution in [1.82, 2.24) is 24.9 Å². The zero-order valence-electron chi connectivity index (χ0n) is 16.3. The Hall–Kier alpha value is -3.62. The molecule has 2 N–H and O–H groups in total. The maximum atomic E-state index is 13.7. The van der Waals surface area contributed by atoms with E-state index in [0.29, 0.717) is 17.8 Å². The van der Waals surface area contributed by atoms with Crippen LogP contribution in [0.3, 0.4) is 0 Å². The summed E-state index contributed by atoms with van der Waals surface area (Å²) in [5.41, 5.74) is 2.09. The Kier molecular flexibility index (Phi) is 5.51.